The SMILES string of the molecule is CC(=O)O.CC(=O)O.CC1(C)[C@@H]2CC[C@@H](N2)C(C)(C)[C@@H]2CC[C@@H](N2)C(C)(C)[C@@H]2CC[C@@H](N2)C(C)(C)[C@@H]2CC[C@H]1N2.[Mn]. The van der Waals surface area contributed by atoms with Crippen molar-refractivity contribution in [2.24, 2.45) is 21.7 Å². The summed E-state index contributed by atoms with van der Waals surface area (Å²) in [7, 11) is 0. The van der Waals surface area contributed by atoms with Gasteiger partial charge in [0.15, 0.2) is 0 Å². The van der Waals surface area contributed by atoms with Gasteiger partial charge in [-0.15, -0.1) is 0 Å². The first-order valence-corrected chi connectivity index (χ1v) is 15.7. The number of hydrogen-bond donors (Lipinski definition) is 6. The van der Waals surface area contributed by atoms with Gasteiger partial charge in [-0.1, -0.05) is 55.4 Å². The Morgan fingerprint density at radius 2 is 0.537 bits per heavy atom. The minimum absolute atomic E-state index is 0. The van der Waals surface area contributed by atoms with Gasteiger partial charge < -0.3 is 31.5 Å². The van der Waals surface area contributed by atoms with Gasteiger partial charge in [0, 0.05) is 79.3 Å². The van der Waals surface area contributed by atoms with Crippen LogP contribution in [0.3, 0.4) is 0 Å². The third kappa shape index (κ3) is 7.88. The molecule has 5 aliphatic heterocycles. The van der Waals surface area contributed by atoms with Crippen LogP contribution in [0.5, 0.6) is 0 Å². The average molecular weight is 620 g/mol. The van der Waals surface area contributed by atoms with E-state index in [1.165, 1.54) is 51.4 Å². The van der Waals surface area contributed by atoms with Crippen molar-refractivity contribution in [3.05, 3.63) is 0 Å². The van der Waals surface area contributed by atoms with Crippen molar-refractivity contribution in [1.29, 1.82) is 0 Å². The number of carbonyl (C=O) groups is 2. The van der Waals surface area contributed by atoms with E-state index >= 15 is 0 Å². The van der Waals surface area contributed by atoms with Crippen LogP contribution in [0.25, 0.3) is 0 Å². The Hall–Kier alpha value is -0.701. The van der Waals surface area contributed by atoms with Crippen LogP contribution in [-0.2, 0) is 26.7 Å². The van der Waals surface area contributed by atoms with Crippen LogP contribution >= 0.6 is 0 Å². The van der Waals surface area contributed by atoms with Crippen molar-refractivity contribution in [1.82, 2.24) is 21.3 Å². The predicted molar refractivity (Wildman–Crippen MR) is 162 cm³/mol. The second kappa shape index (κ2) is 13.5. The van der Waals surface area contributed by atoms with Crippen LogP contribution < -0.4 is 21.3 Å². The molecule has 1 radical (unpaired) electrons. The minimum atomic E-state index is -0.833. The molecule has 8 nitrogen and oxygen atoms in total. The first-order valence-electron chi connectivity index (χ1n) is 15.7. The molecular weight excluding hydrogens is 559 g/mol. The number of hydrogen-bond acceptors (Lipinski definition) is 6. The number of aliphatic carboxylic acids is 2. The first kappa shape index (κ1) is 36.5. The van der Waals surface area contributed by atoms with Crippen molar-refractivity contribution >= 4 is 11.9 Å². The van der Waals surface area contributed by atoms with Gasteiger partial charge in [0.2, 0.25) is 0 Å². The third-order valence-electron chi connectivity index (χ3n) is 11.8. The molecule has 0 aromatic carbocycles. The molecule has 0 aliphatic carbocycles. The van der Waals surface area contributed by atoms with Crippen LogP contribution in [0.2, 0.25) is 0 Å². The van der Waals surface area contributed by atoms with E-state index in [4.69, 9.17) is 19.8 Å². The van der Waals surface area contributed by atoms with Crippen molar-refractivity contribution in [3.63, 3.8) is 0 Å². The molecular formula is C32H60MnN4O4. The van der Waals surface area contributed by atoms with Gasteiger partial charge in [0.05, 0.1) is 0 Å². The molecule has 5 fully saturated rings. The number of carboxylic acids is 2. The fourth-order valence-corrected chi connectivity index (χ4v) is 8.64. The Balaban J connectivity index is 0.000000583. The van der Waals surface area contributed by atoms with Gasteiger partial charge in [-0.2, -0.15) is 0 Å². The number of nitrogens with one attached hydrogen (secondary N) is 4. The fraction of sp³-hybridized carbons (Fsp3) is 0.938. The minimum Gasteiger partial charge on any atom is -0.481 e. The first-order chi connectivity index (χ1) is 18.3. The number of rotatable bonds is 0. The van der Waals surface area contributed by atoms with Gasteiger partial charge in [0.25, 0.3) is 11.9 Å². The number of carboxylic acid groups (broad SMARTS) is 2. The van der Waals surface area contributed by atoms with Gasteiger partial charge in [0.1, 0.15) is 0 Å². The Morgan fingerprint density at radius 3 is 0.634 bits per heavy atom. The molecule has 239 valence electrons. The molecule has 0 spiro atoms. The summed E-state index contributed by atoms with van der Waals surface area (Å²) in [6.07, 6.45) is 10.6. The molecule has 0 saturated carbocycles. The summed E-state index contributed by atoms with van der Waals surface area (Å²) in [4.78, 5) is 18.0. The summed E-state index contributed by atoms with van der Waals surface area (Å²) < 4.78 is 0. The molecule has 0 aromatic heterocycles. The average Bonchev–Trinajstić information content (AvgIpc) is 3.62. The summed E-state index contributed by atoms with van der Waals surface area (Å²) in [5.41, 5.74) is 1.13. The van der Waals surface area contributed by atoms with E-state index in [0.29, 0.717) is 48.3 Å². The fourth-order valence-electron chi connectivity index (χ4n) is 8.64. The molecule has 5 rings (SSSR count). The maximum Gasteiger partial charge on any atom is 0.300 e. The predicted octanol–water partition coefficient (Wildman–Crippen LogP) is 4.77. The van der Waals surface area contributed by atoms with E-state index in [1.54, 1.807) is 0 Å². The van der Waals surface area contributed by atoms with Crippen LogP contribution in [-0.4, -0.2) is 70.5 Å². The molecule has 9 heteroatoms. The topological polar surface area (TPSA) is 123 Å². The molecule has 0 unspecified atom stereocenters. The van der Waals surface area contributed by atoms with E-state index in [2.05, 4.69) is 76.7 Å². The normalized spacial score (nSPS) is 39.3. The summed E-state index contributed by atoms with van der Waals surface area (Å²) in [6, 6.07) is 4.90. The van der Waals surface area contributed by atoms with Crippen molar-refractivity contribution in [2.45, 2.75) is 169 Å². The van der Waals surface area contributed by atoms with Gasteiger partial charge in [-0.25, -0.2) is 0 Å². The smallest absolute Gasteiger partial charge is 0.300 e. The van der Waals surface area contributed by atoms with Gasteiger partial charge in [-0.05, 0) is 73.0 Å². The van der Waals surface area contributed by atoms with Crippen molar-refractivity contribution in [2.75, 3.05) is 0 Å². The standard InChI is InChI=1S/C28H52N4.2C2H4O2.Mn/c1-25(2)17-9-11-19(29-17)26(3,4)21-13-15-23(31-21)28(7,8)24-16-14-22(32-24)27(5,6)20-12-10-18(25)30-20;2*1-2(3)4;/h17-24,29-32H,9-16H2,1-8H3;2*1H3,(H,3,4);/t17-,18+,19+,20-,21-,22+,23+,24-;;;. The van der Waals surface area contributed by atoms with Crippen LogP contribution in [0.1, 0.15) is 121 Å². The summed E-state index contributed by atoms with van der Waals surface area (Å²) >= 11 is 0. The van der Waals surface area contributed by atoms with Gasteiger partial charge >= 0.3 is 0 Å². The van der Waals surface area contributed by atoms with Gasteiger partial charge in [-0.3, -0.25) is 9.59 Å². The maximum absolute atomic E-state index is 9.00. The Bertz CT molecular complexity index is 720. The second-order valence-electron chi connectivity index (χ2n) is 15.7. The van der Waals surface area contributed by atoms with E-state index < -0.39 is 11.9 Å². The maximum atomic E-state index is 9.00. The quantitative estimate of drug-likeness (QED) is 0.215. The monoisotopic (exact) mass is 619 g/mol. The summed E-state index contributed by atoms with van der Waals surface area (Å²) in [5, 5.41) is 31.6. The van der Waals surface area contributed by atoms with Crippen molar-refractivity contribution in [3.8, 4) is 0 Å². The third-order valence-corrected chi connectivity index (χ3v) is 11.8. The molecule has 0 amide bonds. The molecule has 8 atom stereocenters. The van der Waals surface area contributed by atoms with Crippen LogP contribution in [0.4, 0.5) is 0 Å². The van der Waals surface area contributed by atoms with E-state index in [1.807, 2.05) is 0 Å². The van der Waals surface area contributed by atoms with Crippen molar-refractivity contribution < 1.29 is 36.9 Å². The molecule has 6 N–H and O–H groups in total. The summed E-state index contributed by atoms with van der Waals surface area (Å²) in [6.45, 7) is 22.4. The second-order valence-corrected chi connectivity index (χ2v) is 15.7. The molecule has 41 heavy (non-hydrogen) atoms. The Morgan fingerprint density at radius 1 is 0.439 bits per heavy atom. The molecule has 0 aromatic rings. The Labute approximate surface area is 260 Å². The van der Waals surface area contributed by atoms with E-state index in [0.717, 1.165) is 13.8 Å². The molecule has 8 bridgehead atoms. The van der Waals surface area contributed by atoms with E-state index in [9.17, 15) is 0 Å². The zero-order valence-corrected chi connectivity index (χ0v) is 28.5. The Kier molecular flexibility index (Phi) is 12.0. The molecule has 5 aliphatic rings. The zero-order valence-electron chi connectivity index (χ0n) is 27.4. The van der Waals surface area contributed by atoms with E-state index in [-0.39, 0.29) is 38.7 Å². The zero-order chi connectivity index (χ0) is 30.3. The number of fused-ring (bicyclic) bond motifs is 8. The molecule has 5 saturated heterocycles. The van der Waals surface area contributed by atoms with Crippen LogP contribution in [0, 0.1) is 21.7 Å². The van der Waals surface area contributed by atoms with Crippen LogP contribution in [0.15, 0.2) is 0 Å². The molecule has 5 heterocycles. The summed E-state index contributed by atoms with van der Waals surface area (Å²) in [5.74, 6) is -1.67. The largest absolute Gasteiger partial charge is 0.481 e.